The molecular formula is C15H32N2O3. The smallest absolute Gasteiger partial charge is 0.220 e. The van der Waals surface area contributed by atoms with Crippen LogP contribution in [-0.4, -0.2) is 45.9 Å². The number of nitrogens with two attached hydrogens (primary N) is 1. The van der Waals surface area contributed by atoms with Gasteiger partial charge in [0.15, 0.2) is 0 Å². The van der Waals surface area contributed by atoms with Crippen LogP contribution in [0, 0.1) is 11.8 Å². The van der Waals surface area contributed by atoms with Gasteiger partial charge in [0.25, 0.3) is 0 Å². The lowest BCUT2D eigenvalue weighted by Crippen LogP contribution is -2.29. The summed E-state index contributed by atoms with van der Waals surface area (Å²) in [7, 11) is 1.66. The van der Waals surface area contributed by atoms with Gasteiger partial charge in [-0.1, -0.05) is 13.8 Å². The molecule has 0 fully saturated rings. The Morgan fingerprint density at radius 1 is 1.20 bits per heavy atom. The van der Waals surface area contributed by atoms with E-state index < -0.39 is 0 Å². The maximum absolute atomic E-state index is 11.8. The summed E-state index contributed by atoms with van der Waals surface area (Å²) in [4.78, 5) is 11.8. The molecule has 20 heavy (non-hydrogen) atoms. The van der Waals surface area contributed by atoms with Crippen molar-refractivity contribution < 1.29 is 14.3 Å². The van der Waals surface area contributed by atoms with Gasteiger partial charge in [-0.2, -0.15) is 0 Å². The highest BCUT2D eigenvalue weighted by Crippen LogP contribution is 2.13. The van der Waals surface area contributed by atoms with Crippen molar-refractivity contribution >= 4 is 5.91 Å². The van der Waals surface area contributed by atoms with Gasteiger partial charge in [-0.25, -0.2) is 0 Å². The summed E-state index contributed by atoms with van der Waals surface area (Å²) in [6, 6.07) is 0. The number of methoxy groups -OCH3 is 1. The highest BCUT2D eigenvalue weighted by Gasteiger charge is 2.13. The van der Waals surface area contributed by atoms with Crippen LogP contribution in [0.5, 0.6) is 0 Å². The Labute approximate surface area is 123 Å². The molecule has 0 aliphatic heterocycles. The van der Waals surface area contributed by atoms with Gasteiger partial charge in [-0.15, -0.1) is 0 Å². The molecule has 0 radical (unpaired) electrons. The number of rotatable bonds is 13. The van der Waals surface area contributed by atoms with Crippen LogP contribution in [0.25, 0.3) is 0 Å². The van der Waals surface area contributed by atoms with Crippen LogP contribution in [0.3, 0.4) is 0 Å². The van der Waals surface area contributed by atoms with Crippen LogP contribution < -0.4 is 11.1 Å². The molecule has 0 heterocycles. The maximum atomic E-state index is 11.8. The van der Waals surface area contributed by atoms with Gasteiger partial charge in [0.1, 0.15) is 0 Å². The van der Waals surface area contributed by atoms with Gasteiger partial charge < -0.3 is 20.5 Å². The average Bonchev–Trinajstić information content (AvgIpc) is 2.40. The Kier molecular flexibility index (Phi) is 12.9. The molecule has 1 atom stereocenters. The standard InChI is InChI=1S/C15H32N2O3/c1-13(2)10-14(12-16)11-15(18)17-6-4-5-7-20-9-8-19-3/h13-14H,4-12,16H2,1-3H3,(H,17,18). The normalized spacial score (nSPS) is 12.7. The fourth-order valence-electron chi connectivity index (χ4n) is 2.07. The number of ether oxygens (including phenoxy) is 2. The van der Waals surface area contributed by atoms with Crippen LogP contribution in [-0.2, 0) is 14.3 Å². The largest absolute Gasteiger partial charge is 0.382 e. The van der Waals surface area contributed by atoms with Crippen molar-refractivity contribution in [2.24, 2.45) is 17.6 Å². The molecule has 1 amide bonds. The second-order valence-corrected chi connectivity index (χ2v) is 5.60. The number of amides is 1. The summed E-state index contributed by atoms with van der Waals surface area (Å²) < 4.78 is 10.2. The van der Waals surface area contributed by atoms with E-state index in [0.29, 0.717) is 44.6 Å². The van der Waals surface area contributed by atoms with Gasteiger partial charge in [-0.05, 0) is 37.6 Å². The average molecular weight is 288 g/mol. The third-order valence-corrected chi connectivity index (χ3v) is 3.08. The first kappa shape index (κ1) is 19.4. The van der Waals surface area contributed by atoms with Crippen molar-refractivity contribution in [1.29, 1.82) is 0 Å². The third-order valence-electron chi connectivity index (χ3n) is 3.08. The number of hydrogen-bond acceptors (Lipinski definition) is 4. The second kappa shape index (κ2) is 13.3. The molecule has 0 rings (SSSR count). The van der Waals surface area contributed by atoms with Gasteiger partial charge in [0.05, 0.1) is 13.2 Å². The Bertz CT molecular complexity index is 235. The van der Waals surface area contributed by atoms with E-state index in [9.17, 15) is 4.79 Å². The summed E-state index contributed by atoms with van der Waals surface area (Å²) in [5.41, 5.74) is 5.70. The van der Waals surface area contributed by atoms with Crippen molar-refractivity contribution in [3.8, 4) is 0 Å². The van der Waals surface area contributed by atoms with Gasteiger partial charge in [0, 0.05) is 26.7 Å². The molecule has 0 aromatic rings. The number of carbonyl (C=O) groups excluding carboxylic acids is 1. The Morgan fingerprint density at radius 2 is 1.95 bits per heavy atom. The monoisotopic (exact) mass is 288 g/mol. The zero-order chi connectivity index (χ0) is 15.2. The number of carbonyl (C=O) groups is 1. The van der Waals surface area contributed by atoms with Crippen molar-refractivity contribution in [3.05, 3.63) is 0 Å². The minimum Gasteiger partial charge on any atom is -0.382 e. The topological polar surface area (TPSA) is 73.6 Å². The molecule has 0 bridgehead atoms. The summed E-state index contributed by atoms with van der Waals surface area (Å²) in [6.45, 7) is 7.60. The summed E-state index contributed by atoms with van der Waals surface area (Å²) in [5.74, 6) is 0.995. The van der Waals surface area contributed by atoms with Gasteiger partial charge in [0.2, 0.25) is 5.91 Å². The molecule has 0 aromatic heterocycles. The number of nitrogens with one attached hydrogen (secondary N) is 1. The van der Waals surface area contributed by atoms with Crippen LogP contribution in [0.1, 0.15) is 39.5 Å². The fraction of sp³-hybridized carbons (Fsp3) is 0.933. The third kappa shape index (κ3) is 12.4. The van der Waals surface area contributed by atoms with Crippen LogP contribution in [0.15, 0.2) is 0 Å². The summed E-state index contributed by atoms with van der Waals surface area (Å²) >= 11 is 0. The Hall–Kier alpha value is -0.650. The molecule has 1 unspecified atom stereocenters. The summed E-state index contributed by atoms with van der Waals surface area (Å²) in [6.07, 6.45) is 3.45. The van der Waals surface area contributed by atoms with Gasteiger partial charge >= 0.3 is 0 Å². The number of hydrogen-bond donors (Lipinski definition) is 2. The van der Waals surface area contributed by atoms with E-state index >= 15 is 0 Å². The molecule has 3 N–H and O–H groups in total. The lowest BCUT2D eigenvalue weighted by molar-refractivity contribution is -0.122. The molecule has 0 aliphatic rings. The zero-order valence-electron chi connectivity index (χ0n) is 13.3. The molecule has 120 valence electrons. The zero-order valence-corrected chi connectivity index (χ0v) is 13.3. The first-order valence-electron chi connectivity index (χ1n) is 7.63. The fourth-order valence-corrected chi connectivity index (χ4v) is 2.07. The minimum atomic E-state index is 0.112. The van der Waals surface area contributed by atoms with Crippen LogP contribution in [0.4, 0.5) is 0 Å². The van der Waals surface area contributed by atoms with E-state index in [1.54, 1.807) is 7.11 Å². The Morgan fingerprint density at radius 3 is 2.55 bits per heavy atom. The van der Waals surface area contributed by atoms with Crippen molar-refractivity contribution in [3.63, 3.8) is 0 Å². The van der Waals surface area contributed by atoms with E-state index in [4.69, 9.17) is 15.2 Å². The molecule has 5 heteroatoms. The SMILES string of the molecule is COCCOCCCCNC(=O)CC(CN)CC(C)C. The molecule has 0 saturated carbocycles. The lowest BCUT2D eigenvalue weighted by Gasteiger charge is -2.16. The first-order valence-corrected chi connectivity index (χ1v) is 7.63. The second-order valence-electron chi connectivity index (χ2n) is 5.60. The molecule has 0 spiro atoms. The predicted molar refractivity (Wildman–Crippen MR) is 81.6 cm³/mol. The molecule has 0 saturated heterocycles. The van der Waals surface area contributed by atoms with Crippen LogP contribution in [0.2, 0.25) is 0 Å². The van der Waals surface area contributed by atoms with E-state index in [1.807, 2.05) is 0 Å². The molecule has 0 aromatic carbocycles. The van der Waals surface area contributed by atoms with E-state index in [-0.39, 0.29) is 5.91 Å². The predicted octanol–water partition coefficient (Wildman–Crippen LogP) is 1.56. The van der Waals surface area contributed by atoms with Crippen LogP contribution >= 0.6 is 0 Å². The quantitative estimate of drug-likeness (QED) is 0.504. The van der Waals surface area contributed by atoms with E-state index in [2.05, 4.69) is 19.2 Å². The highest BCUT2D eigenvalue weighted by atomic mass is 16.5. The maximum Gasteiger partial charge on any atom is 0.220 e. The van der Waals surface area contributed by atoms with E-state index in [1.165, 1.54) is 0 Å². The highest BCUT2D eigenvalue weighted by molar-refractivity contribution is 5.76. The Balaban J connectivity index is 3.48. The first-order chi connectivity index (χ1) is 9.60. The van der Waals surface area contributed by atoms with Crippen molar-refractivity contribution in [2.75, 3.05) is 40.0 Å². The molecule has 5 nitrogen and oxygen atoms in total. The minimum absolute atomic E-state index is 0.112. The summed E-state index contributed by atoms with van der Waals surface area (Å²) in [5, 5.41) is 2.95. The molecular weight excluding hydrogens is 256 g/mol. The number of unbranched alkanes of at least 4 members (excludes halogenated alkanes) is 1. The van der Waals surface area contributed by atoms with Crippen molar-refractivity contribution in [2.45, 2.75) is 39.5 Å². The van der Waals surface area contributed by atoms with E-state index in [0.717, 1.165) is 25.9 Å². The van der Waals surface area contributed by atoms with Crippen molar-refractivity contribution in [1.82, 2.24) is 5.32 Å². The van der Waals surface area contributed by atoms with Gasteiger partial charge in [-0.3, -0.25) is 4.79 Å². The lowest BCUT2D eigenvalue weighted by atomic mass is 9.94. The molecule has 0 aliphatic carbocycles.